The highest BCUT2D eigenvalue weighted by Gasteiger charge is 2.19. The summed E-state index contributed by atoms with van der Waals surface area (Å²) >= 11 is 6.18. The Balaban J connectivity index is 1.86. The molecule has 27 heavy (non-hydrogen) atoms. The van der Waals surface area contributed by atoms with Gasteiger partial charge in [-0.15, -0.1) is 0 Å². The molecule has 1 aliphatic rings. The fraction of sp³-hybridized carbons (Fsp3) is 0.263. The van der Waals surface area contributed by atoms with E-state index in [0.717, 1.165) is 16.7 Å². The average molecular weight is 408 g/mol. The van der Waals surface area contributed by atoms with E-state index in [9.17, 15) is 12.8 Å². The van der Waals surface area contributed by atoms with Crippen LogP contribution in [0.4, 0.5) is 10.2 Å². The second-order valence-electron chi connectivity index (χ2n) is 6.40. The molecule has 1 atom stereocenters. The van der Waals surface area contributed by atoms with Gasteiger partial charge in [-0.2, -0.15) is 8.42 Å². The number of aromatic nitrogens is 1. The quantitative estimate of drug-likeness (QED) is 0.617. The van der Waals surface area contributed by atoms with E-state index in [1.54, 1.807) is 30.1 Å². The standard InChI is InChI=1S/C19H19ClFN3O2S/c1-12(13-3-5-16(21)6-4-13)22-18-10-15(9-17(20)23-18)14-7-8-24(2)19(11-14)27(25)26/h3-7,9-10,12H,8,11H2,1-2H3,(H,22,23)/t12-/m0/s1. The summed E-state index contributed by atoms with van der Waals surface area (Å²) in [5, 5.41) is 3.57. The average Bonchev–Trinajstić information content (AvgIpc) is 2.61. The summed E-state index contributed by atoms with van der Waals surface area (Å²) in [7, 11) is -0.521. The van der Waals surface area contributed by atoms with E-state index >= 15 is 0 Å². The predicted molar refractivity (Wildman–Crippen MR) is 107 cm³/mol. The van der Waals surface area contributed by atoms with Crippen molar-refractivity contribution < 1.29 is 12.8 Å². The first-order valence-corrected chi connectivity index (χ1v) is 9.84. The van der Waals surface area contributed by atoms with Gasteiger partial charge in [-0.05, 0) is 54.9 Å². The second kappa shape index (κ2) is 8.21. The van der Waals surface area contributed by atoms with Crippen LogP contribution >= 0.6 is 11.6 Å². The van der Waals surface area contributed by atoms with E-state index < -0.39 is 10.3 Å². The van der Waals surface area contributed by atoms with E-state index in [-0.39, 0.29) is 11.9 Å². The van der Waals surface area contributed by atoms with Crippen molar-refractivity contribution in [1.82, 2.24) is 9.88 Å². The van der Waals surface area contributed by atoms with Crippen molar-refractivity contribution >= 4 is 38.3 Å². The van der Waals surface area contributed by atoms with Crippen molar-refractivity contribution in [2.45, 2.75) is 19.4 Å². The summed E-state index contributed by atoms with van der Waals surface area (Å²) in [5.41, 5.74) is 2.62. The van der Waals surface area contributed by atoms with Crippen molar-refractivity contribution in [3.8, 4) is 0 Å². The Bertz CT molecular complexity index is 1010. The van der Waals surface area contributed by atoms with Crippen LogP contribution < -0.4 is 5.32 Å². The molecule has 0 amide bonds. The topological polar surface area (TPSA) is 62.3 Å². The smallest absolute Gasteiger partial charge is 0.228 e. The zero-order valence-corrected chi connectivity index (χ0v) is 16.5. The third-order valence-electron chi connectivity index (χ3n) is 4.47. The van der Waals surface area contributed by atoms with Gasteiger partial charge in [-0.1, -0.05) is 29.8 Å². The number of anilines is 1. The molecule has 142 valence electrons. The molecule has 2 heterocycles. The first-order valence-electron chi connectivity index (χ1n) is 8.38. The lowest BCUT2D eigenvalue weighted by molar-refractivity contribution is 0.553. The highest BCUT2D eigenvalue weighted by atomic mass is 35.5. The number of benzene rings is 1. The molecule has 0 bridgehead atoms. The molecule has 0 saturated heterocycles. The SMILES string of the molecule is C[C@H](Nc1cc(C2=CCN(C)C(=S(=O)=O)C2)cc(Cl)n1)c1ccc(F)cc1. The van der Waals surface area contributed by atoms with Crippen LogP contribution in [-0.4, -0.2) is 36.9 Å². The van der Waals surface area contributed by atoms with Crippen LogP contribution in [0.5, 0.6) is 0 Å². The van der Waals surface area contributed by atoms with Crippen molar-refractivity contribution in [3.05, 3.63) is 64.6 Å². The van der Waals surface area contributed by atoms with Crippen LogP contribution in [0.1, 0.15) is 30.5 Å². The summed E-state index contributed by atoms with van der Waals surface area (Å²) in [6.45, 7) is 2.45. The predicted octanol–water partition coefficient (Wildman–Crippen LogP) is 3.78. The number of pyridine rings is 1. The van der Waals surface area contributed by atoms with E-state index in [1.807, 2.05) is 19.1 Å². The third kappa shape index (κ3) is 4.74. The number of nitrogens with one attached hydrogen (secondary N) is 1. The molecule has 0 fully saturated rings. The van der Waals surface area contributed by atoms with Gasteiger partial charge in [0.1, 0.15) is 21.8 Å². The number of halogens is 2. The Morgan fingerprint density at radius 1 is 1.26 bits per heavy atom. The van der Waals surface area contributed by atoms with Crippen molar-refractivity contribution in [2.75, 3.05) is 18.9 Å². The minimum absolute atomic E-state index is 0.104. The molecule has 1 aliphatic heterocycles. The lowest BCUT2D eigenvalue weighted by Crippen LogP contribution is -2.31. The molecule has 0 aliphatic carbocycles. The highest BCUT2D eigenvalue weighted by Crippen LogP contribution is 2.28. The molecule has 8 heteroatoms. The van der Waals surface area contributed by atoms with Crippen molar-refractivity contribution in [1.29, 1.82) is 0 Å². The van der Waals surface area contributed by atoms with E-state index in [4.69, 9.17) is 11.6 Å². The lowest BCUT2D eigenvalue weighted by Gasteiger charge is -2.23. The van der Waals surface area contributed by atoms with Gasteiger partial charge in [0.25, 0.3) is 0 Å². The molecular formula is C19H19ClFN3O2S. The zero-order valence-electron chi connectivity index (χ0n) is 14.9. The first-order chi connectivity index (χ1) is 12.8. The third-order valence-corrected chi connectivity index (χ3v) is 5.51. The fourth-order valence-corrected chi connectivity index (χ4v) is 3.75. The normalized spacial score (nSPS) is 16.0. The second-order valence-corrected chi connectivity index (χ2v) is 7.72. The molecular weight excluding hydrogens is 389 g/mol. The number of nitrogens with zero attached hydrogens (tertiary/aromatic N) is 2. The van der Waals surface area contributed by atoms with E-state index in [1.165, 1.54) is 12.1 Å². The molecule has 1 N–H and O–H groups in total. The maximum atomic E-state index is 13.1. The van der Waals surface area contributed by atoms with Crippen LogP contribution in [0.2, 0.25) is 5.15 Å². The number of hydrogen-bond donors (Lipinski definition) is 1. The minimum Gasteiger partial charge on any atom is -0.363 e. The summed E-state index contributed by atoms with van der Waals surface area (Å²) < 4.78 is 35.9. The minimum atomic E-state index is -2.27. The molecule has 0 radical (unpaired) electrons. The molecule has 0 spiro atoms. The van der Waals surface area contributed by atoms with Gasteiger partial charge in [0.05, 0.1) is 0 Å². The van der Waals surface area contributed by atoms with Gasteiger partial charge in [0.2, 0.25) is 10.3 Å². The molecule has 1 aromatic heterocycles. The van der Waals surface area contributed by atoms with Crippen LogP contribution in [0.15, 0.2) is 42.5 Å². The van der Waals surface area contributed by atoms with Crippen LogP contribution in [0.25, 0.3) is 5.57 Å². The molecule has 3 rings (SSSR count). The highest BCUT2D eigenvalue weighted by molar-refractivity contribution is 7.72. The Hall–Kier alpha value is -2.22. The molecule has 1 aromatic carbocycles. The van der Waals surface area contributed by atoms with Crippen LogP contribution in [0, 0.1) is 5.82 Å². The Labute approximate surface area is 164 Å². The van der Waals surface area contributed by atoms with Gasteiger partial charge in [-0.25, -0.2) is 9.37 Å². The zero-order chi connectivity index (χ0) is 19.6. The fourth-order valence-electron chi connectivity index (χ4n) is 2.94. The number of likely N-dealkylation sites (N-methyl/N-ethyl adjacent to an activating group) is 1. The van der Waals surface area contributed by atoms with Crippen LogP contribution in [-0.2, 0) is 10.3 Å². The number of rotatable bonds is 4. The largest absolute Gasteiger partial charge is 0.363 e. The Kier molecular flexibility index (Phi) is 5.94. The van der Waals surface area contributed by atoms with E-state index in [2.05, 4.69) is 10.3 Å². The van der Waals surface area contributed by atoms with Crippen molar-refractivity contribution in [3.63, 3.8) is 0 Å². The summed E-state index contributed by atoms with van der Waals surface area (Å²) in [5.74, 6) is 0.282. The van der Waals surface area contributed by atoms with Crippen molar-refractivity contribution in [2.24, 2.45) is 0 Å². The maximum absolute atomic E-state index is 13.1. The van der Waals surface area contributed by atoms with Crippen LogP contribution in [0.3, 0.4) is 0 Å². The Morgan fingerprint density at radius 3 is 2.63 bits per heavy atom. The summed E-state index contributed by atoms with van der Waals surface area (Å²) in [6, 6.07) is 9.70. The number of hydrogen-bond acceptors (Lipinski definition) is 4. The van der Waals surface area contributed by atoms with Gasteiger partial charge >= 0.3 is 0 Å². The first kappa shape index (κ1) is 19.5. The van der Waals surface area contributed by atoms with Gasteiger partial charge in [0, 0.05) is 19.0 Å². The monoisotopic (exact) mass is 407 g/mol. The molecule has 2 aromatic rings. The van der Waals surface area contributed by atoms with E-state index in [0.29, 0.717) is 28.9 Å². The molecule has 5 nitrogen and oxygen atoms in total. The Morgan fingerprint density at radius 2 is 1.96 bits per heavy atom. The lowest BCUT2D eigenvalue weighted by atomic mass is 10.0. The summed E-state index contributed by atoms with van der Waals surface area (Å²) in [6.07, 6.45) is 2.29. The van der Waals surface area contributed by atoms with Gasteiger partial charge < -0.3 is 5.32 Å². The maximum Gasteiger partial charge on any atom is 0.228 e. The summed E-state index contributed by atoms with van der Waals surface area (Å²) in [4.78, 5) is 6.34. The molecule has 0 unspecified atom stereocenters. The molecule has 0 saturated carbocycles. The van der Waals surface area contributed by atoms with Gasteiger partial charge in [0.15, 0.2) is 0 Å². The van der Waals surface area contributed by atoms with Gasteiger partial charge in [-0.3, -0.25) is 4.90 Å².